The van der Waals surface area contributed by atoms with Crippen molar-refractivity contribution >= 4 is 6.09 Å². The maximum Gasteiger partial charge on any atom is 0.406 e. The number of hydrogen-bond donors (Lipinski definition) is 2. The van der Waals surface area contributed by atoms with Crippen LogP contribution < -0.4 is 5.32 Å². The summed E-state index contributed by atoms with van der Waals surface area (Å²) in [6.45, 7) is 2.79. The molecular formula is C8H17NO3. The number of ether oxygens (including phenoxy) is 1. The van der Waals surface area contributed by atoms with E-state index in [-0.39, 0.29) is 6.61 Å². The molecule has 0 aliphatic carbocycles. The SMILES string of the molecule is COC(=O)NCCCC(C)CO. The lowest BCUT2D eigenvalue weighted by molar-refractivity contribution is 0.170. The van der Waals surface area contributed by atoms with Crippen molar-refractivity contribution < 1.29 is 14.6 Å². The van der Waals surface area contributed by atoms with E-state index in [4.69, 9.17) is 5.11 Å². The van der Waals surface area contributed by atoms with Gasteiger partial charge >= 0.3 is 6.09 Å². The van der Waals surface area contributed by atoms with Gasteiger partial charge < -0.3 is 15.2 Å². The van der Waals surface area contributed by atoms with Gasteiger partial charge in [-0.1, -0.05) is 6.92 Å². The Balaban J connectivity index is 3.15. The van der Waals surface area contributed by atoms with E-state index < -0.39 is 6.09 Å². The number of methoxy groups -OCH3 is 1. The lowest BCUT2D eigenvalue weighted by Gasteiger charge is -2.07. The van der Waals surface area contributed by atoms with Crippen molar-refractivity contribution in [3.8, 4) is 0 Å². The van der Waals surface area contributed by atoms with Gasteiger partial charge in [0, 0.05) is 13.2 Å². The summed E-state index contributed by atoms with van der Waals surface area (Å²) in [4.78, 5) is 10.5. The standard InChI is InChI=1S/C8H17NO3/c1-7(6-10)4-3-5-9-8(11)12-2/h7,10H,3-6H2,1-2H3,(H,9,11). The quantitative estimate of drug-likeness (QED) is 0.606. The number of amides is 1. The molecule has 0 bridgehead atoms. The van der Waals surface area contributed by atoms with Crippen LogP contribution in [0.3, 0.4) is 0 Å². The molecule has 0 radical (unpaired) electrons. The Morgan fingerprint density at radius 2 is 2.33 bits per heavy atom. The van der Waals surface area contributed by atoms with Crippen molar-refractivity contribution in [2.75, 3.05) is 20.3 Å². The molecule has 2 N–H and O–H groups in total. The lowest BCUT2D eigenvalue weighted by Crippen LogP contribution is -2.24. The Labute approximate surface area is 72.9 Å². The van der Waals surface area contributed by atoms with Crippen LogP contribution in [0.4, 0.5) is 4.79 Å². The molecule has 0 fully saturated rings. The van der Waals surface area contributed by atoms with E-state index in [1.165, 1.54) is 7.11 Å². The Bertz CT molecular complexity index is 127. The van der Waals surface area contributed by atoms with Gasteiger partial charge in [-0.3, -0.25) is 0 Å². The molecule has 1 atom stereocenters. The van der Waals surface area contributed by atoms with Crippen molar-refractivity contribution in [3.05, 3.63) is 0 Å². The fourth-order valence-corrected chi connectivity index (χ4v) is 0.804. The second kappa shape index (κ2) is 6.91. The highest BCUT2D eigenvalue weighted by Gasteiger charge is 2.00. The largest absolute Gasteiger partial charge is 0.453 e. The highest BCUT2D eigenvalue weighted by atomic mass is 16.5. The third-order valence-corrected chi connectivity index (χ3v) is 1.64. The molecule has 4 heteroatoms. The van der Waals surface area contributed by atoms with Crippen LogP contribution in [0.2, 0.25) is 0 Å². The molecule has 1 amide bonds. The van der Waals surface area contributed by atoms with E-state index in [9.17, 15) is 4.79 Å². The van der Waals surface area contributed by atoms with Crippen molar-refractivity contribution in [3.63, 3.8) is 0 Å². The lowest BCUT2D eigenvalue weighted by atomic mass is 10.1. The van der Waals surface area contributed by atoms with Gasteiger partial charge in [-0.15, -0.1) is 0 Å². The van der Waals surface area contributed by atoms with Gasteiger partial charge in [-0.2, -0.15) is 0 Å². The number of carbonyl (C=O) groups excluding carboxylic acids is 1. The van der Waals surface area contributed by atoms with Crippen LogP contribution in [0, 0.1) is 5.92 Å². The number of hydrogen-bond acceptors (Lipinski definition) is 3. The smallest absolute Gasteiger partial charge is 0.406 e. The highest BCUT2D eigenvalue weighted by molar-refractivity contribution is 5.66. The summed E-state index contributed by atoms with van der Waals surface area (Å²) in [5.74, 6) is 0.310. The van der Waals surface area contributed by atoms with Crippen LogP contribution in [0.25, 0.3) is 0 Å². The number of alkyl carbamates (subject to hydrolysis) is 1. The topological polar surface area (TPSA) is 58.6 Å². The zero-order chi connectivity index (χ0) is 9.40. The normalized spacial score (nSPS) is 12.2. The molecule has 0 saturated heterocycles. The first-order chi connectivity index (χ1) is 5.70. The summed E-state index contributed by atoms with van der Waals surface area (Å²) >= 11 is 0. The first-order valence-corrected chi connectivity index (χ1v) is 4.13. The molecule has 4 nitrogen and oxygen atoms in total. The number of nitrogens with one attached hydrogen (secondary N) is 1. The Morgan fingerprint density at radius 3 is 2.83 bits per heavy atom. The maximum absolute atomic E-state index is 10.5. The monoisotopic (exact) mass is 175 g/mol. The van der Waals surface area contributed by atoms with Crippen molar-refractivity contribution in [2.45, 2.75) is 19.8 Å². The summed E-state index contributed by atoms with van der Waals surface area (Å²) in [5.41, 5.74) is 0. The average molecular weight is 175 g/mol. The van der Waals surface area contributed by atoms with Crippen LogP contribution in [0.15, 0.2) is 0 Å². The number of aliphatic hydroxyl groups excluding tert-OH is 1. The van der Waals surface area contributed by atoms with Gasteiger partial charge in [0.05, 0.1) is 7.11 Å². The molecule has 0 aromatic carbocycles. The van der Waals surface area contributed by atoms with Crippen LogP contribution >= 0.6 is 0 Å². The van der Waals surface area contributed by atoms with Gasteiger partial charge in [0.15, 0.2) is 0 Å². The number of aliphatic hydroxyl groups is 1. The van der Waals surface area contributed by atoms with Gasteiger partial charge in [0.25, 0.3) is 0 Å². The fraction of sp³-hybridized carbons (Fsp3) is 0.875. The van der Waals surface area contributed by atoms with Gasteiger partial charge in [0.1, 0.15) is 0 Å². The summed E-state index contributed by atoms with van der Waals surface area (Å²) in [6.07, 6.45) is 1.39. The molecule has 0 aliphatic rings. The first-order valence-electron chi connectivity index (χ1n) is 4.13. The third-order valence-electron chi connectivity index (χ3n) is 1.64. The molecule has 12 heavy (non-hydrogen) atoms. The summed E-state index contributed by atoms with van der Waals surface area (Å²) in [6, 6.07) is 0. The van der Waals surface area contributed by atoms with E-state index in [0.29, 0.717) is 12.5 Å². The summed E-state index contributed by atoms with van der Waals surface area (Å²) in [5, 5.41) is 11.2. The van der Waals surface area contributed by atoms with Crippen LogP contribution in [-0.2, 0) is 4.74 Å². The average Bonchev–Trinajstić information content (AvgIpc) is 2.11. The van der Waals surface area contributed by atoms with Crippen molar-refractivity contribution in [1.29, 1.82) is 0 Å². The molecule has 0 saturated carbocycles. The Morgan fingerprint density at radius 1 is 1.67 bits per heavy atom. The Kier molecular flexibility index (Phi) is 6.47. The van der Waals surface area contributed by atoms with Crippen LogP contribution in [0.5, 0.6) is 0 Å². The minimum Gasteiger partial charge on any atom is -0.453 e. The van der Waals surface area contributed by atoms with Gasteiger partial charge in [0.2, 0.25) is 0 Å². The predicted octanol–water partition coefficient (Wildman–Crippen LogP) is 0.751. The Hall–Kier alpha value is -0.770. The highest BCUT2D eigenvalue weighted by Crippen LogP contribution is 2.02. The second-order valence-corrected chi connectivity index (χ2v) is 2.85. The molecule has 0 aliphatic heterocycles. The van der Waals surface area contributed by atoms with E-state index >= 15 is 0 Å². The molecule has 0 aromatic rings. The molecular weight excluding hydrogens is 158 g/mol. The van der Waals surface area contributed by atoms with Crippen LogP contribution in [-0.4, -0.2) is 31.5 Å². The van der Waals surface area contributed by atoms with E-state index in [1.54, 1.807) is 0 Å². The second-order valence-electron chi connectivity index (χ2n) is 2.85. The minimum atomic E-state index is -0.397. The van der Waals surface area contributed by atoms with E-state index in [0.717, 1.165) is 12.8 Å². The van der Waals surface area contributed by atoms with Crippen molar-refractivity contribution in [2.24, 2.45) is 5.92 Å². The number of rotatable bonds is 5. The molecule has 72 valence electrons. The van der Waals surface area contributed by atoms with Crippen molar-refractivity contribution in [1.82, 2.24) is 5.32 Å². The number of carbonyl (C=O) groups is 1. The minimum absolute atomic E-state index is 0.207. The van der Waals surface area contributed by atoms with Gasteiger partial charge in [-0.05, 0) is 18.8 Å². The molecule has 1 unspecified atom stereocenters. The predicted molar refractivity (Wildman–Crippen MR) is 45.9 cm³/mol. The molecule has 0 aromatic heterocycles. The maximum atomic E-state index is 10.5. The zero-order valence-corrected chi connectivity index (χ0v) is 7.67. The molecule has 0 heterocycles. The molecule has 0 spiro atoms. The third kappa shape index (κ3) is 5.97. The summed E-state index contributed by atoms with van der Waals surface area (Å²) in [7, 11) is 1.34. The van der Waals surface area contributed by atoms with E-state index in [2.05, 4.69) is 10.1 Å². The van der Waals surface area contributed by atoms with Crippen LogP contribution in [0.1, 0.15) is 19.8 Å². The zero-order valence-electron chi connectivity index (χ0n) is 7.67. The fourth-order valence-electron chi connectivity index (χ4n) is 0.804. The summed E-state index contributed by atoms with van der Waals surface area (Å²) < 4.78 is 4.38. The first kappa shape index (κ1) is 11.2. The van der Waals surface area contributed by atoms with Gasteiger partial charge in [-0.25, -0.2) is 4.79 Å². The van der Waals surface area contributed by atoms with E-state index in [1.807, 2.05) is 6.92 Å². The molecule has 0 rings (SSSR count).